The van der Waals surface area contributed by atoms with Gasteiger partial charge in [0.15, 0.2) is 5.82 Å². The Labute approximate surface area is 245 Å². The zero-order chi connectivity index (χ0) is 29.6. The maximum absolute atomic E-state index is 11.4. The van der Waals surface area contributed by atoms with E-state index in [9.17, 15) is 24.3 Å². The van der Waals surface area contributed by atoms with Crippen molar-refractivity contribution in [1.29, 1.82) is 0 Å². The summed E-state index contributed by atoms with van der Waals surface area (Å²) >= 11 is 3.11. The highest BCUT2D eigenvalue weighted by molar-refractivity contribution is 9.09. The maximum Gasteiger partial charge on any atom is 0.524 e. The number of nitrogens with one attached hydrogen (secondary N) is 1. The van der Waals surface area contributed by atoms with Gasteiger partial charge in [0.25, 0.3) is 0 Å². The number of amides is 1. The van der Waals surface area contributed by atoms with Crippen LogP contribution in [-0.4, -0.2) is 60.4 Å². The van der Waals surface area contributed by atoms with Crippen LogP contribution in [0.5, 0.6) is 11.5 Å². The standard InChI is InChI=1S/C27H33BrN5O7P/c1-2-3-4-23-32-25-26(33(23)16-18-14-19(6-8-22(18)34)40-41(36,37)38)20-13-17(5-7-21(20)31-27(25)29)9-11-39-12-10-30-24(35)15-28/h5-8,13-14,34H,2-4,9-12,15-16H2,1H3,(H2,29,31)(H,30,35)(H2,36,37,38). The van der Waals surface area contributed by atoms with E-state index in [0.29, 0.717) is 49.2 Å². The van der Waals surface area contributed by atoms with Crippen LogP contribution in [0.15, 0.2) is 36.4 Å². The number of fused-ring (bicyclic) bond motifs is 3. The molecule has 0 spiro atoms. The molecule has 6 N–H and O–H groups in total. The number of rotatable bonds is 14. The molecule has 0 unspecified atom stereocenters. The number of benzene rings is 2. The zero-order valence-electron chi connectivity index (χ0n) is 22.5. The lowest BCUT2D eigenvalue weighted by molar-refractivity contribution is -0.118. The number of anilines is 1. The number of hydrogen-bond donors (Lipinski definition) is 5. The van der Waals surface area contributed by atoms with E-state index in [0.717, 1.165) is 35.1 Å². The number of phenolic OH excluding ortho intramolecular Hbond substituents is 1. The molecule has 0 saturated carbocycles. The molecule has 0 radical (unpaired) electrons. The Kier molecular flexibility index (Phi) is 10.2. The molecular formula is C27H33BrN5O7P. The van der Waals surface area contributed by atoms with Gasteiger partial charge >= 0.3 is 7.82 Å². The smallest absolute Gasteiger partial charge is 0.508 e. The van der Waals surface area contributed by atoms with Crippen molar-refractivity contribution in [1.82, 2.24) is 19.9 Å². The van der Waals surface area contributed by atoms with Gasteiger partial charge in [0.05, 0.1) is 36.1 Å². The lowest BCUT2D eigenvalue weighted by atomic mass is 10.1. The first-order valence-electron chi connectivity index (χ1n) is 13.1. The maximum atomic E-state index is 11.4. The van der Waals surface area contributed by atoms with Gasteiger partial charge in [-0.2, -0.15) is 0 Å². The number of phenols is 1. The molecular weight excluding hydrogens is 617 g/mol. The number of nitrogen functional groups attached to an aromatic ring is 1. The van der Waals surface area contributed by atoms with E-state index in [-0.39, 0.29) is 35.1 Å². The molecule has 0 aliphatic rings. The number of hydrogen-bond acceptors (Lipinski definition) is 8. The first-order chi connectivity index (χ1) is 19.6. The number of phosphoric acid groups is 1. The van der Waals surface area contributed by atoms with Gasteiger partial charge in [-0.1, -0.05) is 35.3 Å². The first kappa shape index (κ1) is 30.7. The van der Waals surface area contributed by atoms with Crippen LogP contribution in [0.1, 0.15) is 36.7 Å². The number of unbranched alkanes of at least 4 members (excludes halogenated alkanes) is 1. The summed E-state index contributed by atoms with van der Waals surface area (Å²) in [7, 11) is -4.78. The number of pyridine rings is 1. The first-order valence-corrected chi connectivity index (χ1v) is 15.8. The fraction of sp³-hybridized carbons (Fsp3) is 0.370. The third-order valence-electron chi connectivity index (χ3n) is 6.43. The summed E-state index contributed by atoms with van der Waals surface area (Å²) in [4.78, 5) is 39.2. The quantitative estimate of drug-likeness (QED) is 0.0765. The van der Waals surface area contributed by atoms with Crippen molar-refractivity contribution < 1.29 is 33.5 Å². The molecule has 4 rings (SSSR count). The average Bonchev–Trinajstić information content (AvgIpc) is 3.29. The Morgan fingerprint density at radius 2 is 1.95 bits per heavy atom. The molecule has 14 heteroatoms. The Hall–Kier alpha value is -3.22. The molecule has 0 atom stereocenters. The minimum absolute atomic E-state index is 0.0529. The molecule has 0 saturated heterocycles. The van der Waals surface area contributed by atoms with E-state index in [2.05, 4.69) is 33.2 Å². The van der Waals surface area contributed by atoms with Crippen LogP contribution in [0.25, 0.3) is 21.9 Å². The summed E-state index contributed by atoms with van der Waals surface area (Å²) in [6.07, 6.45) is 3.11. The lowest BCUT2D eigenvalue weighted by Crippen LogP contribution is -2.28. The van der Waals surface area contributed by atoms with E-state index >= 15 is 0 Å². The van der Waals surface area contributed by atoms with Gasteiger partial charge in [-0.25, -0.2) is 14.5 Å². The van der Waals surface area contributed by atoms with E-state index < -0.39 is 7.82 Å². The fourth-order valence-electron chi connectivity index (χ4n) is 4.51. The monoisotopic (exact) mass is 649 g/mol. The van der Waals surface area contributed by atoms with Crippen molar-refractivity contribution in [3.63, 3.8) is 0 Å². The third-order valence-corrected chi connectivity index (χ3v) is 7.39. The van der Waals surface area contributed by atoms with Crippen LogP contribution >= 0.6 is 23.8 Å². The summed E-state index contributed by atoms with van der Waals surface area (Å²) in [6, 6.07) is 9.91. The van der Waals surface area contributed by atoms with Crippen LogP contribution < -0.4 is 15.6 Å². The number of aromatic nitrogens is 3. The van der Waals surface area contributed by atoms with E-state index in [1.54, 1.807) is 0 Å². The van der Waals surface area contributed by atoms with Crippen LogP contribution in [0.4, 0.5) is 5.82 Å². The number of nitrogens with zero attached hydrogens (tertiary/aromatic N) is 3. The lowest BCUT2D eigenvalue weighted by Gasteiger charge is -2.14. The Bertz CT molecular complexity index is 1590. The second-order valence-corrected chi connectivity index (χ2v) is 11.2. The summed E-state index contributed by atoms with van der Waals surface area (Å²) in [5, 5.41) is 14.4. The van der Waals surface area contributed by atoms with Crippen LogP contribution in [0, 0.1) is 0 Å². The molecule has 12 nitrogen and oxygen atoms in total. The predicted molar refractivity (Wildman–Crippen MR) is 159 cm³/mol. The molecule has 0 aliphatic heterocycles. The molecule has 220 valence electrons. The highest BCUT2D eigenvalue weighted by atomic mass is 79.9. The Morgan fingerprint density at radius 1 is 1.15 bits per heavy atom. The minimum Gasteiger partial charge on any atom is -0.508 e. The number of carbonyl (C=O) groups is 1. The van der Waals surface area contributed by atoms with Gasteiger partial charge < -0.3 is 30.0 Å². The van der Waals surface area contributed by atoms with Crippen LogP contribution in [0.3, 0.4) is 0 Å². The average molecular weight is 650 g/mol. The van der Waals surface area contributed by atoms with Crippen LogP contribution in [0.2, 0.25) is 0 Å². The Balaban J connectivity index is 1.70. The highest BCUT2D eigenvalue weighted by Crippen LogP contribution is 2.39. The van der Waals surface area contributed by atoms with Crippen molar-refractivity contribution in [3.8, 4) is 11.5 Å². The number of halogens is 1. The summed E-state index contributed by atoms with van der Waals surface area (Å²) < 4.78 is 23.8. The highest BCUT2D eigenvalue weighted by Gasteiger charge is 2.21. The van der Waals surface area contributed by atoms with Gasteiger partial charge in [-0.15, -0.1) is 0 Å². The van der Waals surface area contributed by atoms with E-state index in [1.807, 2.05) is 22.8 Å². The minimum atomic E-state index is -4.78. The summed E-state index contributed by atoms with van der Waals surface area (Å²) in [6.45, 7) is 3.53. The molecule has 4 aromatic rings. The van der Waals surface area contributed by atoms with Gasteiger partial charge in [0.2, 0.25) is 5.91 Å². The van der Waals surface area contributed by atoms with E-state index in [4.69, 9.17) is 20.0 Å². The van der Waals surface area contributed by atoms with Gasteiger partial charge in [0.1, 0.15) is 22.8 Å². The van der Waals surface area contributed by atoms with Crippen molar-refractivity contribution in [3.05, 3.63) is 53.3 Å². The SMILES string of the molecule is CCCCc1nc2c(N)nc3ccc(CCOCCNC(=O)CBr)cc3c2n1Cc1cc(OP(=O)(O)O)ccc1O. The van der Waals surface area contributed by atoms with Crippen molar-refractivity contribution in [2.75, 3.05) is 30.8 Å². The molecule has 0 fully saturated rings. The van der Waals surface area contributed by atoms with E-state index in [1.165, 1.54) is 18.2 Å². The number of imidazole rings is 1. The number of aryl methyl sites for hydroxylation is 1. The van der Waals surface area contributed by atoms with Gasteiger partial charge in [-0.3, -0.25) is 14.6 Å². The fourth-order valence-corrected chi connectivity index (χ4v) is 5.10. The van der Waals surface area contributed by atoms with Crippen molar-refractivity contribution in [2.45, 2.75) is 39.2 Å². The number of phosphoric ester groups is 1. The number of alkyl halides is 1. The second kappa shape index (κ2) is 13.6. The number of nitrogens with two attached hydrogens (primary N) is 1. The predicted octanol–water partition coefficient (Wildman–Crippen LogP) is 3.80. The number of ether oxygens (including phenoxy) is 1. The second-order valence-electron chi connectivity index (χ2n) is 9.48. The molecule has 0 bridgehead atoms. The topological polar surface area (TPSA) is 182 Å². The van der Waals surface area contributed by atoms with Crippen molar-refractivity contribution in [2.24, 2.45) is 0 Å². The molecule has 2 aromatic carbocycles. The number of aromatic hydroxyl groups is 1. The van der Waals surface area contributed by atoms with Crippen LogP contribution in [-0.2, 0) is 33.5 Å². The number of carbonyl (C=O) groups excluding carboxylic acids is 1. The van der Waals surface area contributed by atoms with Gasteiger partial charge in [-0.05, 0) is 48.7 Å². The molecule has 41 heavy (non-hydrogen) atoms. The molecule has 0 aliphatic carbocycles. The third kappa shape index (κ3) is 7.96. The Morgan fingerprint density at radius 3 is 2.68 bits per heavy atom. The van der Waals surface area contributed by atoms with Crippen molar-refractivity contribution >= 4 is 57.4 Å². The molecule has 2 heterocycles. The normalized spacial score (nSPS) is 11.8. The summed E-state index contributed by atoms with van der Waals surface area (Å²) in [5.74, 6) is 0.827. The van der Waals surface area contributed by atoms with Gasteiger partial charge in [0, 0.05) is 23.9 Å². The summed E-state index contributed by atoms with van der Waals surface area (Å²) in [5.41, 5.74) is 9.73. The molecule has 2 aromatic heterocycles. The largest absolute Gasteiger partial charge is 0.524 e. The molecule has 1 amide bonds. The zero-order valence-corrected chi connectivity index (χ0v) is 25.0.